The van der Waals surface area contributed by atoms with Crippen molar-refractivity contribution in [2.75, 3.05) is 6.61 Å². The fourth-order valence-corrected chi connectivity index (χ4v) is 3.26. The third kappa shape index (κ3) is 5.93. The van der Waals surface area contributed by atoms with E-state index in [4.69, 9.17) is 4.74 Å². The third-order valence-corrected chi connectivity index (χ3v) is 4.69. The number of hydrogen-bond donors (Lipinski definition) is 1. The summed E-state index contributed by atoms with van der Waals surface area (Å²) in [4.78, 5) is 0. The van der Waals surface area contributed by atoms with Crippen LogP contribution in [0.25, 0.3) is 0 Å². The lowest BCUT2D eigenvalue weighted by Gasteiger charge is -2.19. The molecular weight excluding hydrogens is 339 g/mol. The van der Waals surface area contributed by atoms with Crippen molar-refractivity contribution in [1.82, 2.24) is 0 Å². The highest BCUT2D eigenvalue weighted by Gasteiger charge is 2.15. The van der Waals surface area contributed by atoms with Crippen LogP contribution in [-0.2, 0) is 0 Å². The van der Waals surface area contributed by atoms with Gasteiger partial charge in [-0.2, -0.15) is 0 Å². The molecule has 0 saturated carbocycles. The maximum atomic E-state index is 12.9. The van der Waals surface area contributed by atoms with Gasteiger partial charge in [-0.15, -0.1) is 0 Å². The van der Waals surface area contributed by atoms with Crippen LogP contribution in [-0.4, -0.2) is 17.8 Å². The molecule has 0 saturated heterocycles. The molecule has 1 N–H and O–H groups in total. The van der Waals surface area contributed by atoms with Gasteiger partial charge in [-0.25, -0.2) is 4.39 Å². The first-order chi connectivity index (χ1) is 13.2. The molecule has 0 heterocycles. The van der Waals surface area contributed by atoms with Crippen LogP contribution in [0.5, 0.6) is 5.75 Å². The predicted octanol–water partition coefficient (Wildman–Crippen LogP) is 5.57. The molecule has 0 spiro atoms. The summed E-state index contributed by atoms with van der Waals surface area (Å²) in [6.07, 6.45) is 1.98. The molecule has 0 bridgehead atoms. The van der Waals surface area contributed by atoms with E-state index in [0.717, 1.165) is 12.8 Å². The van der Waals surface area contributed by atoms with Crippen LogP contribution in [0.4, 0.5) is 4.39 Å². The van der Waals surface area contributed by atoms with E-state index in [1.54, 1.807) is 12.1 Å². The fourth-order valence-electron chi connectivity index (χ4n) is 3.26. The zero-order chi connectivity index (χ0) is 18.9. The lowest BCUT2D eigenvalue weighted by atomic mass is 9.87. The van der Waals surface area contributed by atoms with E-state index in [0.29, 0.717) is 18.1 Å². The largest absolute Gasteiger partial charge is 0.491 e. The molecule has 1 unspecified atom stereocenters. The lowest BCUT2D eigenvalue weighted by Crippen LogP contribution is -2.17. The van der Waals surface area contributed by atoms with Crippen molar-refractivity contribution in [3.63, 3.8) is 0 Å². The van der Waals surface area contributed by atoms with Gasteiger partial charge in [-0.3, -0.25) is 0 Å². The van der Waals surface area contributed by atoms with E-state index in [1.807, 2.05) is 12.1 Å². The van der Waals surface area contributed by atoms with Crippen molar-refractivity contribution in [3.8, 4) is 5.75 Å². The summed E-state index contributed by atoms with van der Waals surface area (Å²) < 4.78 is 18.4. The standard InChI is InChI=1S/C24H25FO2/c25-21-14-16-23(17-15-21)27-18-22(26)12-7-13-24(19-8-3-1-4-9-19)20-10-5-2-6-11-20/h1-6,8-11,14-17,22,24,26H,7,12-13,18H2. The molecule has 3 rings (SSSR count). The summed E-state index contributed by atoms with van der Waals surface area (Å²) >= 11 is 0. The molecule has 0 radical (unpaired) electrons. The topological polar surface area (TPSA) is 29.5 Å². The van der Waals surface area contributed by atoms with Gasteiger partial charge in [0.15, 0.2) is 0 Å². The van der Waals surface area contributed by atoms with Crippen molar-refractivity contribution < 1.29 is 14.2 Å². The number of aliphatic hydroxyl groups is 1. The van der Waals surface area contributed by atoms with Gasteiger partial charge >= 0.3 is 0 Å². The maximum Gasteiger partial charge on any atom is 0.123 e. The Morgan fingerprint density at radius 2 is 1.30 bits per heavy atom. The molecule has 0 fully saturated rings. The average Bonchev–Trinajstić information content (AvgIpc) is 2.72. The Bertz CT molecular complexity index is 748. The van der Waals surface area contributed by atoms with Crippen LogP contribution >= 0.6 is 0 Å². The van der Waals surface area contributed by atoms with Gasteiger partial charge in [0, 0.05) is 5.92 Å². The quantitative estimate of drug-likeness (QED) is 0.538. The zero-order valence-corrected chi connectivity index (χ0v) is 15.3. The van der Waals surface area contributed by atoms with Gasteiger partial charge < -0.3 is 9.84 Å². The van der Waals surface area contributed by atoms with E-state index in [1.165, 1.54) is 23.3 Å². The number of aliphatic hydroxyl groups excluding tert-OH is 1. The molecule has 0 aliphatic heterocycles. The van der Waals surface area contributed by atoms with Crippen molar-refractivity contribution in [1.29, 1.82) is 0 Å². The van der Waals surface area contributed by atoms with Crippen molar-refractivity contribution in [3.05, 3.63) is 102 Å². The number of hydrogen-bond acceptors (Lipinski definition) is 2. The summed E-state index contributed by atoms with van der Waals surface area (Å²) in [5, 5.41) is 10.2. The van der Waals surface area contributed by atoms with Gasteiger partial charge in [0.05, 0.1) is 6.10 Å². The second-order valence-corrected chi connectivity index (χ2v) is 6.72. The van der Waals surface area contributed by atoms with Crippen molar-refractivity contribution >= 4 is 0 Å². The zero-order valence-electron chi connectivity index (χ0n) is 15.3. The van der Waals surface area contributed by atoms with E-state index in [2.05, 4.69) is 48.5 Å². The normalized spacial score (nSPS) is 12.1. The first kappa shape index (κ1) is 19.1. The van der Waals surface area contributed by atoms with Gasteiger partial charge in [0.1, 0.15) is 18.2 Å². The van der Waals surface area contributed by atoms with Crippen molar-refractivity contribution in [2.24, 2.45) is 0 Å². The predicted molar refractivity (Wildman–Crippen MR) is 106 cm³/mol. The number of halogens is 1. The molecule has 0 aliphatic carbocycles. The number of ether oxygens (including phenoxy) is 1. The number of rotatable bonds is 9. The Morgan fingerprint density at radius 1 is 0.741 bits per heavy atom. The smallest absolute Gasteiger partial charge is 0.123 e. The SMILES string of the molecule is OC(CCCC(c1ccccc1)c1ccccc1)COc1ccc(F)cc1. The fraction of sp³-hybridized carbons (Fsp3) is 0.250. The summed E-state index contributed by atoms with van der Waals surface area (Å²) in [7, 11) is 0. The van der Waals surface area contributed by atoms with Crippen LogP contribution in [0.1, 0.15) is 36.3 Å². The summed E-state index contributed by atoms with van der Waals surface area (Å²) in [5.74, 6) is 0.593. The summed E-state index contributed by atoms with van der Waals surface area (Å²) in [6, 6.07) is 26.8. The monoisotopic (exact) mass is 364 g/mol. The Kier molecular flexibility index (Phi) is 7.00. The van der Waals surface area contributed by atoms with Gasteiger partial charge in [0.2, 0.25) is 0 Å². The Labute approximate surface area is 160 Å². The average molecular weight is 364 g/mol. The highest BCUT2D eigenvalue weighted by atomic mass is 19.1. The summed E-state index contributed by atoms with van der Waals surface area (Å²) in [5.41, 5.74) is 2.58. The summed E-state index contributed by atoms with van der Waals surface area (Å²) in [6.45, 7) is 0.215. The van der Waals surface area contributed by atoms with E-state index in [9.17, 15) is 9.50 Å². The molecule has 0 aliphatic rings. The third-order valence-electron chi connectivity index (χ3n) is 4.69. The minimum absolute atomic E-state index is 0.215. The molecule has 27 heavy (non-hydrogen) atoms. The van der Waals surface area contributed by atoms with Gasteiger partial charge in [0.25, 0.3) is 0 Å². The first-order valence-electron chi connectivity index (χ1n) is 9.38. The van der Waals surface area contributed by atoms with Crippen LogP contribution in [0.3, 0.4) is 0 Å². The van der Waals surface area contributed by atoms with Gasteiger partial charge in [-0.05, 0) is 54.7 Å². The Morgan fingerprint density at radius 3 is 1.85 bits per heavy atom. The molecule has 2 nitrogen and oxygen atoms in total. The molecule has 0 aromatic heterocycles. The minimum Gasteiger partial charge on any atom is -0.491 e. The maximum absolute atomic E-state index is 12.9. The second kappa shape index (κ2) is 9.89. The molecule has 3 aromatic rings. The van der Waals surface area contributed by atoms with Crippen LogP contribution in [0.15, 0.2) is 84.9 Å². The second-order valence-electron chi connectivity index (χ2n) is 6.72. The molecular formula is C24H25FO2. The first-order valence-corrected chi connectivity index (χ1v) is 9.38. The molecule has 3 heteroatoms. The van der Waals surface area contributed by atoms with Crippen LogP contribution < -0.4 is 4.74 Å². The minimum atomic E-state index is -0.540. The molecule has 1 atom stereocenters. The van der Waals surface area contributed by atoms with Crippen LogP contribution in [0.2, 0.25) is 0 Å². The lowest BCUT2D eigenvalue weighted by molar-refractivity contribution is 0.0973. The molecule has 140 valence electrons. The van der Waals surface area contributed by atoms with Crippen molar-refractivity contribution in [2.45, 2.75) is 31.3 Å². The highest BCUT2D eigenvalue weighted by Crippen LogP contribution is 2.29. The molecule has 3 aromatic carbocycles. The van der Waals surface area contributed by atoms with Gasteiger partial charge in [-0.1, -0.05) is 60.7 Å². The van der Waals surface area contributed by atoms with E-state index >= 15 is 0 Å². The van der Waals surface area contributed by atoms with Crippen LogP contribution in [0, 0.1) is 5.82 Å². The Hall–Kier alpha value is -2.65. The van der Waals surface area contributed by atoms with E-state index < -0.39 is 6.10 Å². The Balaban J connectivity index is 1.52. The van der Waals surface area contributed by atoms with E-state index in [-0.39, 0.29) is 12.4 Å². The molecule has 0 amide bonds. The highest BCUT2D eigenvalue weighted by molar-refractivity contribution is 5.32. The number of benzene rings is 3.